The van der Waals surface area contributed by atoms with Gasteiger partial charge in [0.15, 0.2) is 5.78 Å². The molecule has 0 spiro atoms. The zero-order valence-corrected chi connectivity index (χ0v) is 13.2. The molecule has 0 saturated carbocycles. The van der Waals surface area contributed by atoms with Gasteiger partial charge < -0.3 is 9.30 Å². The normalized spacial score (nSPS) is 12.1. The van der Waals surface area contributed by atoms with E-state index in [1.807, 2.05) is 24.3 Å². The number of carbonyl (C=O) groups is 1. The van der Waals surface area contributed by atoms with E-state index >= 15 is 0 Å². The number of pyridine rings is 1. The average molecular weight is 317 g/mol. The van der Waals surface area contributed by atoms with E-state index in [9.17, 15) is 9.59 Å². The van der Waals surface area contributed by atoms with Crippen LogP contribution in [0.25, 0.3) is 22.0 Å². The van der Waals surface area contributed by atoms with Gasteiger partial charge in [0.25, 0.3) is 5.56 Å². The maximum atomic E-state index is 13.1. The zero-order valence-electron chi connectivity index (χ0n) is 13.2. The van der Waals surface area contributed by atoms with Crippen molar-refractivity contribution in [2.24, 2.45) is 0 Å². The number of ether oxygens (including phenoxy) is 1. The first-order valence-electron chi connectivity index (χ1n) is 7.67. The molecule has 3 aromatic rings. The quantitative estimate of drug-likeness (QED) is 0.544. The molecule has 0 unspecified atom stereocenters. The molecule has 1 aliphatic rings. The van der Waals surface area contributed by atoms with E-state index in [4.69, 9.17) is 4.74 Å². The van der Waals surface area contributed by atoms with Gasteiger partial charge in [-0.1, -0.05) is 24.3 Å². The molecule has 0 fully saturated rings. The number of fused-ring (bicyclic) bond motifs is 5. The Bertz CT molecular complexity index is 1080. The van der Waals surface area contributed by atoms with Crippen molar-refractivity contribution in [3.63, 3.8) is 0 Å². The van der Waals surface area contributed by atoms with Crippen molar-refractivity contribution in [1.82, 2.24) is 4.57 Å². The van der Waals surface area contributed by atoms with Gasteiger partial charge in [-0.05, 0) is 29.8 Å². The number of methoxy groups -OCH3 is 1. The molecular weight excluding hydrogens is 302 g/mol. The van der Waals surface area contributed by atoms with Crippen LogP contribution in [0, 0.1) is 0 Å². The number of benzene rings is 2. The van der Waals surface area contributed by atoms with E-state index in [1.54, 1.807) is 36.0 Å². The van der Waals surface area contributed by atoms with Crippen molar-refractivity contribution >= 4 is 16.7 Å². The second-order valence-electron chi connectivity index (χ2n) is 5.71. The Balaban J connectivity index is 2.17. The van der Waals surface area contributed by atoms with Crippen molar-refractivity contribution in [1.29, 1.82) is 0 Å². The molecule has 1 aliphatic carbocycles. The van der Waals surface area contributed by atoms with Gasteiger partial charge in [-0.3, -0.25) is 9.59 Å². The summed E-state index contributed by atoms with van der Waals surface area (Å²) in [6.45, 7) is 4.13. The van der Waals surface area contributed by atoms with Crippen LogP contribution in [0.5, 0.6) is 5.75 Å². The summed E-state index contributed by atoms with van der Waals surface area (Å²) in [6.07, 6.45) is 1.69. The largest absolute Gasteiger partial charge is 0.497 e. The van der Waals surface area contributed by atoms with Crippen LogP contribution in [0.15, 0.2) is 59.9 Å². The highest BCUT2D eigenvalue weighted by molar-refractivity contribution is 6.27. The lowest BCUT2D eigenvalue weighted by molar-refractivity contribution is 0.104. The van der Waals surface area contributed by atoms with Crippen LogP contribution < -0.4 is 10.3 Å². The number of hydrogen-bond donors (Lipinski definition) is 0. The Hall–Kier alpha value is -3.14. The first-order chi connectivity index (χ1) is 11.7. The number of carbonyl (C=O) groups excluding carboxylic acids is 1. The number of aromatic nitrogens is 1. The summed E-state index contributed by atoms with van der Waals surface area (Å²) in [5.74, 6) is 0.476. The lowest BCUT2D eigenvalue weighted by Crippen LogP contribution is -2.22. The molecule has 24 heavy (non-hydrogen) atoms. The SMILES string of the molecule is C=CCn1c(=O)c2c(c3ccccc31)C(=O)c1cc(OC)ccc1-2. The zero-order chi connectivity index (χ0) is 16.8. The van der Waals surface area contributed by atoms with E-state index in [1.165, 1.54) is 0 Å². The molecule has 1 aromatic heterocycles. The summed E-state index contributed by atoms with van der Waals surface area (Å²) in [6, 6.07) is 12.7. The van der Waals surface area contributed by atoms with Gasteiger partial charge in [-0.25, -0.2) is 0 Å². The van der Waals surface area contributed by atoms with Crippen LogP contribution >= 0.6 is 0 Å². The van der Waals surface area contributed by atoms with Gasteiger partial charge in [-0.2, -0.15) is 0 Å². The lowest BCUT2D eigenvalue weighted by atomic mass is 10.0. The number of hydrogen-bond acceptors (Lipinski definition) is 3. The molecule has 0 bridgehead atoms. The number of allylic oxidation sites excluding steroid dienone is 1. The van der Waals surface area contributed by atoms with E-state index in [0.29, 0.717) is 34.5 Å². The monoisotopic (exact) mass is 317 g/mol. The summed E-state index contributed by atoms with van der Waals surface area (Å²) in [7, 11) is 1.56. The Kier molecular flexibility index (Phi) is 3.13. The molecule has 0 atom stereocenters. The first kappa shape index (κ1) is 14.5. The molecule has 0 N–H and O–H groups in total. The van der Waals surface area contributed by atoms with Crippen LogP contribution in [-0.4, -0.2) is 17.5 Å². The van der Waals surface area contributed by atoms with Crippen LogP contribution in [0.4, 0.5) is 0 Å². The predicted octanol–water partition coefficient (Wildman–Crippen LogP) is 3.41. The molecular formula is C20H15NO3. The number of ketones is 1. The Morgan fingerprint density at radius 3 is 2.62 bits per heavy atom. The molecule has 0 radical (unpaired) electrons. The summed E-state index contributed by atoms with van der Waals surface area (Å²) >= 11 is 0. The smallest absolute Gasteiger partial charge is 0.259 e. The third-order valence-electron chi connectivity index (χ3n) is 4.45. The molecule has 0 aliphatic heterocycles. The molecule has 4 rings (SSSR count). The van der Waals surface area contributed by atoms with E-state index < -0.39 is 0 Å². The van der Waals surface area contributed by atoms with Gasteiger partial charge in [-0.15, -0.1) is 6.58 Å². The van der Waals surface area contributed by atoms with Gasteiger partial charge in [0.2, 0.25) is 0 Å². The van der Waals surface area contributed by atoms with Crippen LogP contribution in [0.3, 0.4) is 0 Å². The van der Waals surface area contributed by atoms with E-state index in [0.717, 1.165) is 10.9 Å². The highest BCUT2D eigenvalue weighted by Gasteiger charge is 2.32. The van der Waals surface area contributed by atoms with Crippen molar-refractivity contribution in [2.45, 2.75) is 6.54 Å². The predicted molar refractivity (Wildman–Crippen MR) is 93.8 cm³/mol. The fourth-order valence-electron chi connectivity index (χ4n) is 3.39. The molecule has 4 nitrogen and oxygen atoms in total. The number of para-hydroxylation sites is 1. The summed E-state index contributed by atoms with van der Waals surface area (Å²) < 4.78 is 6.88. The minimum atomic E-state index is -0.166. The van der Waals surface area contributed by atoms with Crippen molar-refractivity contribution in [3.8, 4) is 16.9 Å². The van der Waals surface area contributed by atoms with Crippen LogP contribution in [0.1, 0.15) is 15.9 Å². The van der Waals surface area contributed by atoms with E-state index in [-0.39, 0.29) is 11.3 Å². The lowest BCUT2D eigenvalue weighted by Gasteiger charge is -2.12. The van der Waals surface area contributed by atoms with Crippen molar-refractivity contribution in [3.05, 3.63) is 76.6 Å². The third kappa shape index (κ3) is 1.80. The Morgan fingerprint density at radius 2 is 1.88 bits per heavy atom. The molecule has 118 valence electrons. The average Bonchev–Trinajstić information content (AvgIpc) is 2.91. The third-order valence-corrected chi connectivity index (χ3v) is 4.45. The first-order valence-corrected chi connectivity index (χ1v) is 7.67. The van der Waals surface area contributed by atoms with Gasteiger partial charge in [0.05, 0.1) is 18.2 Å². The maximum absolute atomic E-state index is 13.1. The molecule has 4 heteroatoms. The summed E-state index contributed by atoms with van der Waals surface area (Å²) in [4.78, 5) is 26.0. The molecule has 0 saturated heterocycles. The van der Waals surface area contributed by atoms with Crippen molar-refractivity contribution < 1.29 is 9.53 Å². The fraction of sp³-hybridized carbons (Fsp3) is 0.100. The van der Waals surface area contributed by atoms with Gasteiger partial charge in [0.1, 0.15) is 5.75 Å². The minimum absolute atomic E-state index is 0.127. The summed E-state index contributed by atoms with van der Waals surface area (Å²) in [5, 5.41) is 0.786. The van der Waals surface area contributed by atoms with Crippen LogP contribution in [0.2, 0.25) is 0 Å². The van der Waals surface area contributed by atoms with Gasteiger partial charge >= 0.3 is 0 Å². The molecule has 2 aromatic carbocycles. The Morgan fingerprint density at radius 1 is 1.08 bits per heavy atom. The van der Waals surface area contributed by atoms with Crippen molar-refractivity contribution in [2.75, 3.05) is 7.11 Å². The second-order valence-corrected chi connectivity index (χ2v) is 5.71. The van der Waals surface area contributed by atoms with Crippen LogP contribution in [-0.2, 0) is 6.54 Å². The standard InChI is InChI=1S/C20H15NO3/c1-3-10-21-16-7-5-4-6-14(16)17-18(20(21)23)13-9-8-12(24-2)11-15(13)19(17)22/h3-9,11H,1,10H2,2H3. The summed E-state index contributed by atoms with van der Waals surface area (Å²) in [5.41, 5.74) is 2.72. The number of nitrogens with zero attached hydrogens (tertiary/aromatic N) is 1. The number of rotatable bonds is 3. The molecule has 0 amide bonds. The minimum Gasteiger partial charge on any atom is -0.497 e. The topological polar surface area (TPSA) is 48.3 Å². The molecule has 1 heterocycles. The highest BCUT2D eigenvalue weighted by Crippen LogP contribution is 2.39. The Labute approximate surface area is 138 Å². The fourth-order valence-corrected chi connectivity index (χ4v) is 3.39. The maximum Gasteiger partial charge on any atom is 0.259 e. The second kappa shape index (κ2) is 5.20. The van der Waals surface area contributed by atoms with Gasteiger partial charge in [0, 0.05) is 23.1 Å². The van der Waals surface area contributed by atoms with E-state index in [2.05, 4.69) is 6.58 Å². The highest BCUT2D eigenvalue weighted by atomic mass is 16.5.